The molecule has 2 atom stereocenters. The lowest BCUT2D eigenvalue weighted by atomic mass is 9.86. The summed E-state index contributed by atoms with van der Waals surface area (Å²) in [5.74, 6) is 0. The van der Waals surface area contributed by atoms with Gasteiger partial charge in [0.1, 0.15) is 0 Å². The zero-order valence-electron chi connectivity index (χ0n) is 39.8. The van der Waals surface area contributed by atoms with E-state index in [1.54, 1.807) is 0 Å². The second-order valence-corrected chi connectivity index (χ2v) is 20.9. The topological polar surface area (TPSA) is 29.5 Å². The highest BCUT2D eigenvalue weighted by Gasteiger charge is 2.31. The minimum Gasteiger partial charge on any atom is -0.407 e. The lowest BCUT2D eigenvalue weighted by Gasteiger charge is -2.32. The minimum atomic E-state index is -1.92. The second kappa shape index (κ2) is 16.0. The van der Waals surface area contributed by atoms with Crippen molar-refractivity contribution in [1.82, 2.24) is 0 Å². The molecule has 1 heterocycles. The first-order valence-corrected chi connectivity index (χ1v) is 26.2. The maximum atomic E-state index is 8.06. The maximum absolute atomic E-state index is 8.06. The molecule has 0 aliphatic rings. The summed E-state index contributed by atoms with van der Waals surface area (Å²) < 4.78 is 18.6. The molecule has 0 bridgehead atoms. The van der Waals surface area contributed by atoms with E-state index >= 15 is 0 Å². The van der Waals surface area contributed by atoms with Crippen molar-refractivity contribution in [3.8, 4) is 22.3 Å². The molecule has 0 spiro atoms. The minimum absolute atomic E-state index is 0.102. The van der Waals surface area contributed by atoms with Crippen LogP contribution in [0.15, 0.2) is 239 Å². The average molecular weight is 940 g/mol. The first kappa shape index (κ1) is 41.3. The number of nitrogens with zero attached hydrogens (tertiary/aromatic N) is 1. The van der Waals surface area contributed by atoms with Crippen molar-refractivity contribution in [2.45, 2.75) is 25.9 Å². The van der Waals surface area contributed by atoms with Gasteiger partial charge in [-0.25, -0.2) is 0 Å². The standard InChI is InChI=1S/C68H46NO2P/c1-41(43-15-5-3-6-16-43)69(42(2)44-17-7-4-8-18-44)72-70-67-59(55-35-31-49-29-27-45-21-13-23-47-33-37-57(55)63(49)61(45)47)39-51-19-9-11-25-53(51)65(67)66-54-26-12-10-20-52(54)40-60(68(66)71-72)56-36-32-50-30-28-46-22-14-24-48-34-38-58(56)64(50)62(46)48/h3-42H,1-2H3/t41-,42-/m0/s1. The Morgan fingerprint density at radius 2 is 0.639 bits per heavy atom. The van der Waals surface area contributed by atoms with Gasteiger partial charge in [0.25, 0.3) is 0 Å². The Kier molecular flexibility index (Phi) is 9.20. The van der Waals surface area contributed by atoms with Crippen LogP contribution in [-0.2, 0) is 0 Å². The lowest BCUT2D eigenvalue weighted by molar-refractivity contribution is 0.559. The Labute approximate surface area is 417 Å². The second-order valence-electron chi connectivity index (χ2n) is 19.6. The third kappa shape index (κ3) is 6.15. The monoisotopic (exact) mass is 939 g/mol. The summed E-state index contributed by atoms with van der Waals surface area (Å²) in [6.45, 7) is 4.61. The van der Waals surface area contributed by atoms with Crippen molar-refractivity contribution in [2.24, 2.45) is 0 Å². The van der Waals surface area contributed by atoms with Crippen LogP contribution in [0.25, 0.3) is 130 Å². The maximum Gasteiger partial charge on any atom is 0.310 e. The van der Waals surface area contributed by atoms with Crippen LogP contribution in [0, 0.1) is 0 Å². The quantitative estimate of drug-likeness (QED) is 0.149. The van der Waals surface area contributed by atoms with Crippen LogP contribution in [-0.4, -0.2) is 0 Å². The summed E-state index contributed by atoms with van der Waals surface area (Å²) in [6, 6.07) is 84.8. The number of hydrogen-bond donors (Lipinski definition) is 0. The molecule has 1 aromatic heterocycles. The Balaban J connectivity index is 1.16. The summed E-state index contributed by atoms with van der Waals surface area (Å²) in [4.78, 5) is 0. The molecule has 0 fully saturated rings. The molecular formula is C68H46NO2P. The molecule has 0 unspecified atom stereocenters. The first-order chi connectivity index (χ1) is 35.6. The zero-order chi connectivity index (χ0) is 47.6. The zero-order valence-corrected chi connectivity index (χ0v) is 40.7. The number of rotatable bonds is 7. The van der Waals surface area contributed by atoms with Crippen LogP contribution >= 0.6 is 8.16 Å². The van der Waals surface area contributed by atoms with Gasteiger partial charge in [-0.3, -0.25) is 0 Å². The van der Waals surface area contributed by atoms with Gasteiger partial charge in [0, 0.05) is 34.0 Å². The molecule has 4 heteroatoms. The molecule has 0 radical (unpaired) electrons. The van der Waals surface area contributed by atoms with Gasteiger partial charge in [-0.05, 0) is 134 Å². The van der Waals surface area contributed by atoms with Crippen molar-refractivity contribution in [2.75, 3.05) is 4.67 Å². The van der Waals surface area contributed by atoms with Gasteiger partial charge >= 0.3 is 8.16 Å². The van der Waals surface area contributed by atoms with Crippen molar-refractivity contribution in [3.63, 3.8) is 0 Å². The van der Waals surface area contributed by atoms with E-state index in [0.717, 1.165) is 65.7 Å². The molecule has 0 aliphatic carbocycles. The van der Waals surface area contributed by atoms with Gasteiger partial charge in [0.2, 0.25) is 0 Å². The summed E-state index contributed by atoms with van der Waals surface area (Å²) in [5.41, 5.74) is 8.39. The molecule has 0 aliphatic heterocycles. The van der Waals surface area contributed by atoms with E-state index in [0.29, 0.717) is 0 Å². The van der Waals surface area contributed by atoms with E-state index in [1.165, 1.54) is 75.8 Å². The number of hydrogen-bond acceptors (Lipinski definition) is 3. The Morgan fingerprint density at radius 1 is 0.292 bits per heavy atom. The van der Waals surface area contributed by atoms with E-state index in [4.69, 9.17) is 8.39 Å². The van der Waals surface area contributed by atoms with E-state index in [9.17, 15) is 0 Å². The van der Waals surface area contributed by atoms with Crippen LogP contribution in [0.3, 0.4) is 0 Å². The summed E-state index contributed by atoms with van der Waals surface area (Å²) in [6.07, 6.45) is 0. The average Bonchev–Trinajstić information content (AvgIpc) is 3.62. The fraction of sp³-hybridized carbons (Fsp3) is 0.0588. The lowest BCUT2D eigenvalue weighted by Crippen LogP contribution is -2.27. The molecule has 340 valence electrons. The molecular weight excluding hydrogens is 894 g/mol. The van der Waals surface area contributed by atoms with Gasteiger partial charge in [0.05, 0.1) is 0 Å². The highest BCUT2D eigenvalue weighted by atomic mass is 31.1. The summed E-state index contributed by atoms with van der Waals surface area (Å²) in [5, 5.41) is 21.6. The van der Waals surface area contributed by atoms with Crippen LogP contribution in [0.5, 0.6) is 0 Å². The third-order valence-electron chi connectivity index (χ3n) is 15.8. The Bertz CT molecular complexity index is 4350. The predicted molar refractivity (Wildman–Crippen MR) is 308 cm³/mol. The molecule has 0 saturated heterocycles. The van der Waals surface area contributed by atoms with E-state index in [1.807, 2.05) is 0 Å². The van der Waals surface area contributed by atoms with Crippen molar-refractivity contribution < 1.29 is 8.39 Å². The normalized spacial score (nSPS) is 13.2. The molecule has 0 N–H and O–H groups in total. The number of fused-ring (bicyclic) bond motifs is 7. The molecule has 15 aromatic rings. The molecule has 0 amide bonds. The molecule has 3 nitrogen and oxygen atoms in total. The van der Waals surface area contributed by atoms with Crippen LogP contribution in [0.4, 0.5) is 0 Å². The van der Waals surface area contributed by atoms with E-state index in [2.05, 4.69) is 249 Å². The largest absolute Gasteiger partial charge is 0.407 e. The van der Waals surface area contributed by atoms with Crippen LogP contribution < -0.4 is 4.67 Å². The fourth-order valence-electron chi connectivity index (χ4n) is 12.3. The van der Waals surface area contributed by atoms with Gasteiger partial charge in [0.15, 0.2) is 11.2 Å². The SMILES string of the molecule is C[C@@H](c1ccccc1)N([C@@H](C)c1ccccc1)p1oc2c(-c3ccc4ccc5cccc6ccc3c4c56)cc3ccccc3c2c2c(o1)c(-c1ccc3ccc4cccc5ccc1c3c45)cc1ccccc12. The first-order valence-electron chi connectivity index (χ1n) is 25.1. The van der Waals surface area contributed by atoms with Gasteiger partial charge < -0.3 is 8.39 Å². The van der Waals surface area contributed by atoms with Crippen molar-refractivity contribution >= 4 is 116 Å². The van der Waals surface area contributed by atoms with Gasteiger partial charge in [-0.2, -0.15) is 4.67 Å². The van der Waals surface area contributed by atoms with Crippen LogP contribution in [0.2, 0.25) is 0 Å². The predicted octanol–water partition coefficient (Wildman–Crippen LogP) is 20.2. The number of benzene rings is 14. The van der Waals surface area contributed by atoms with Crippen molar-refractivity contribution in [1.29, 1.82) is 0 Å². The van der Waals surface area contributed by atoms with Crippen LogP contribution in [0.1, 0.15) is 37.1 Å². The Hall–Kier alpha value is -8.46. The van der Waals surface area contributed by atoms with E-state index < -0.39 is 8.16 Å². The molecule has 14 aromatic carbocycles. The smallest absolute Gasteiger partial charge is 0.310 e. The highest BCUT2D eigenvalue weighted by Crippen LogP contribution is 2.53. The van der Waals surface area contributed by atoms with Gasteiger partial charge in [-0.1, -0.05) is 218 Å². The summed E-state index contributed by atoms with van der Waals surface area (Å²) in [7, 11) is -1.92. The van der Waals surface area contributed by atoms with E-state index in [-0.39, 0.29) is 12.1 Å². The third-order valence-corrected chi connectivity index (χ3v) is 17.5. The summed E-state index contributed by atoms with van der Waals surface area (Å²) >= 11 is 0. The molecule has 0 saturated carbocycles. The highest BCUT2D eigenvalue weighted by molar-refractivity contribution is 7.39. The van der Waals surface area contributed by atoms with Crippen molar-refractivity contribution in [3.05, 3.63) is 242 Å². The van der Waals surface area contributed by atoms with Gasteiger partial charge in [-0.15, -0.1) is 0 Å². The molecule has 15 rings (SSSR count). The Morgan fingerprint density at radius 3 is 1.07 bits per heavy atom. The molecule has 72 heavy (non-hydrogen) atoms. The fourth-order valence-corrected chi connectivity index (χ4v) is 14.1.